The Balaban J connectivity index is 1.86. The maximum Gasteiger partial charge on any atom is 0.422 e. The van der Waals surface area contributed by atoms with Crippen LogP contribution in [0.15, 0.2) is 48.5 Å². The lowest BCUT2D eigenvalue weighted by molar-refractivity contribution is -0.162. The molecule has 204 valence electrons. The number of carbonyl (C=O) groups excluding carboxylic acids is 1. The van der Waals surface area contributed by atoms with Crippen molar-refractivity contribution >= 4 is 12.1 Å². The van der Waals surface area contributed by atoms with Gasteiger partial charge in [0.05, 0.1) is 19.8 Å². The molecule has 0 saturated heterocycles. The zero-order valence-electron chi connectivity index (χ0n) is 20.2. The van der Waals surface area contributed by atoms with E-state index in [9.17, 15) is 32.3 Å². The molecule has 1 N–H and O–H groups in total. The molecule has 2 rings (SSSR count). The molecule has 0 radical (unpaired) electrons. The van der Waals surface area contributed by atoms with Gasteiger partial charge in [-0.2, -0.15) is 13.2 Å². The number of hydrogen-bond acceptors (Lipinski definition) is 6. The first-order valence-electron chi connectivity index (χ1n) is 11.4. The van der Waals surface area contributed by atoms with E-state index in [0.717, 1.165) is 4.90 Å². The highest BCUT2D eigenvalue weighted by atomic mass is 19.4. The van der Waals surface area contributed by atoms with Crippen LogP contribution in [0.25, 0.3) is 0 Å². The summed E-state index contributed by atoms with van der Waals surface area (Å²) < 4.78 is 70.9. The van der Waals surface area contributed by atoms with E-state index in [1.54, 1.807) is 31.2 Å². The molecule has 0 heterocycles. The van der Waals surface area contributed by atoms with E-state index in [0.29, 0.717) is 16.9 Å². The molecule has 12 heteroatoms. The molecule has 2 aromatic carbocycles. The molecule has 0 aromatic heterocycles. The lowest BCUT2D eigenvalue weighted by Crippen LogP contribution is -2.39. The van der Waals surface area contributed by atoms with E-state index in [2.05, 4.69) is 4.74 Å². The first-order valence-corrected chi connectivity index (χ1v) is 11.4. The van der Waals surface area contributed by atoms with Crippen LogP contribution in [0.2, 0.25) is 0 Å². The van der Waals surface area contributed by atoms with Gasteiger partial charge in [-0.1, -0.05) is 24.3 Å². The average molecular weight is 531 g/mol. The van der Waals surface area contributed by atoms with Crippen molar-refractivity contribution < 1.29 is 51.2 Å². The summed E-state index contributed by atoms with van der Waals surface area (Å²) in [5.74, 6) is -1.04. The number of rotatable bonds is 15. The fraction of sp³-hybridized carbons (Fsp3) is 0.440. The Bertz CT molecular complexity index is 969. The normalized spacial score (nSPS) is 12.1. The van der Waals surface area contributed by atoms with Crippen LogP contribution in [-0.2, 0) is 32.0 Å². The Hall–Kier alpha value is -3.38. The Kier molecular flexibility index (Phi) is 12.1. The molecular weight excluding hydrogens is 502 g/mol. The number of nitrogens with zero attached hydrogens (tertiary/aromatic N) is 1. The Morgan fingerprint density at radius 3 is 2.19 bits per heavy atom. The molecule has 37 heavy (non-hydrogen) atoms. The van der Waals surface area contributed by atoms with E-state index in [1.807, 2.05) is 0 Å². The highest BCUT2D eigenvalue weighted by Crippen LogP contribution is 2.16. The molecule has 0 saturated carbocycles. The zero-order valence-corrected chi connectivity index (χ0v) is 20.2. The van der Waals surface area contributed by atoms with Gasteiger partial charge in [0.1, 0.15) is 18.2 Å². The van der Waals surface area contributed by atoms with Crippen LogP contribution in [0.4, 0.5) is 22.4 Å². The van der Waals surface area contributed by atoms with E-state index >= 15 is 0 Å². The van der Waals surface area contributed by atoms with Crippen LogP contribution >= 0.6 is 0 Å². The van der Waals surface area contributed by atoms with Crippen molar-refractivity contribution in [1.82, 2.24) is 4.90 Å². The third kappa shape index (κ3) is 11.9. The van der Waals surface area contributed by atoms with Crippen LogP contribution in [-0.4, -0.2) is 73.9 Å². The fourth-order valence-corrected chi connectivity index (χ4v) is 3.10. The first-order chi connectivity index (χ1) is 17.6. The molecule has 0 fully saturated rings. The maximum absolute atomic E-state index is 13.0. The highest BCUT2D eigenvalue weighted by Gasteiger charge is 2.30. The summed E-state index contributed by atoms with van der Waals surface area (Å²) in [5.41, 5.74) is 1.40. The zero-order chi connectivity index (χ0) is 27.3. The minimum Gasteiger partial charge on any atom is -0.492 e. The van der Waals surface area contributed by atoms with Crippen LogP contribution in [0.5, 0.6) is 5.75 Å². The summed E-state index contributed by atoms with van der Waals surface area (Å²) in [6, 6.07) is 12.2. The number of alkyl halides is 3. The van der Waals surface area contributed by atoms with Crippen molar-refractivity contribution in [1.29, 1.82) is 0 Å². The van der Waals surface area contributed by atoms with Crippen molar-refractivity contribution in [2.75, 3.05) is 39.5 Å². The van der Waals surface area contributed by atoms with E-state index in [-0.39, 0.29) is 45.9 Å². The molecule has 0 bridgehead atoms. The van der Waals surface area contributed by atoms with Crippen LogP contribution in [0.3, 0.4) is 0 Å². The maximum atomic E-state index is 13.0. The molecule has 0 aliphatic rings. The van der Waals surface area contributed by atoms with E-state index in [1.165, 1.54) is 24.3 Å². The third-order valence-electron chi connectivity index (χ3n) is 4.92. The SMILES string of the molecule is CCOC(Cc1ccc(OCCN(CCOCc2ccc(F)cc2)C(=O)OCC(F)(F)F)cc1)C(=O)O. The molecule has 0 aliphatic heterocycles. The molecule has 1 amide bonds. The molecule has 0 spiro atoms. The summed E-state index contributed by atoms with van der Waals surface area (Å²) in [7, 11) is 0. The fourth-order valence-electron chi connectivity index (χ4n) is 3.10. The number of halogens is 4. The smallest absolute Gasteiger partial charge is 0.422 e. The van der Waals surface area contributed by atoms with Gasteiger partial charge in [-0.3, -0.25) is 0 Å². The number of benzene rings is 2. The van der Waals surface area contributed by atoms with Gasteiger partial charge in [-0.25, -0.2) is 14.0 Å². The van der Waals surface area contributed by atoms with Gasteiger partial charge < -0.3 is 29.0 Å². The predicted molar refractivity (Wildman–Crippen MR) is 124 cm³/mol. The number of ether oxygens (including phenoxy) is 4. The van der Waals surface area contributed by atoms with E-state index < -0.39 is 36.8 Å². The monoisotopic (exact) mass is 531 g/mol. The quantitative estimate of drug-likeness (QED) is 0.268. The minimum absolute atomic E-state index is 0.00222. The summed E-state index contributed by atoms with van der Waals surface area (Å²) in [4.78, 5) is 24.4. The second-order valence-electron chi connectivity index (χ2n) is 7.81. The van der Waals surface area contributed by atoms with Crippen LogP contribution in [0, 0.1) is 5.82 Å². The van der Waals surface area contributed by atoms with Gasteiger partial charge in [0.15, 0.2) is 12.7 Å². The van der Waals surface area contributed by atoms with Gasteiger partial charge in [-0.05, 0) is 42.3 Å². The lowest BCUT2D eigenvalue weighted by Gasteiger charge is -2.22. The number of carboxylic acids is 1. The predicted octanol–water partition coefficient (Wildman–Crippen LogP) is 4.45. The molecule has 1 atom stereocenters. The first kappa shape index (κ1) is 29.8. The van der Waals surface area contributed by atoms with Crippen molar-refractivity contribution in [3.05, 3.63) is 65.5 Å². The number of aliphatic carboxylic acids is 1. The van der Waals surface area contributed by atoms with Crippen LogP contribution < -0.4 is 4.74 Å². The molecule has 1 unspecified atom stereocenters. The number of carboxylic acid groups (broad SMARTS) is 1. The number of hydrogen-bond donors (Lipinski definition) is 1. The van der Waals surface area contributed by atoms with Crippen molar-refractivity contribution in [2.24, 2.45) is 0 Å². The summed E-state index contributed by atoms with van der Waals surface area (Å²) in [5, 5.41) is 9.18. The van der Waals surface area contributed by atoms with Gasteiger partial charge >= 0.3 is 18.2 Å². The van der Waals surface area contributed by atoms with Crippen molar-refractivity contribution in [3.8, 4) is 5.75 Å². The Morgan fingerprint density at radius 2 is 1.59 bits per heavy atom. The van der Waals surface area contributed by atoms with Crippen LogP contribution in [0.1, 0.15) is 18.1 Å². The number of carbonyl (C=O) groups is 2. The van der Waals surface area contributed by atoms with Gasteiger partial charge in [-0.15, -0.1) is 0 Å². The van der Waals surface area contributed by atoms with E-state index in [4.69, 9.17) is 14.2 Å². The Labute approximate surface area is 211 Å². The summed E-state index contributed by atoms with van der Waals surface area (Å²) >= 11 is 0. The molecule has 2 aromatic rings. The largest absolute Gasteiger partial charge is 0.492 e. The lowest BCUT2D eigenvalue weighted by atomic mass is 10.1. The van der Waals surface area contributed by atoms with Crippen molar-refractivity contribution in [3.63, 3.8) is 0 Å². The minimum atomic E-state index is -4.67. The average Bonchev–Trinajstić information content (AvgIpc) is 2.85. The number of amides is 1. The summed E-state index contributed by atoms with van der Waals surface area (Å²) in [6.07, 6.45) is -6.64. The summed E-state index contributed by atoms with van der Waals surface area (Å²) in [6.45, 7) is 0.176. The van der Waals surface area contributed by atoms with Gasteiger partial charge in [0.2, 0.25) is 0 Å². The molecule has 0 aliphatic carbocycles. The topological polar surface area (TPSA) is 94.5 Å². The standard InChI is InChI=1S/C25H29F4NO7/c1-2-35-22(23(31)32)15-18-5-9-21(10-6-18)36-14-12-30(24(33)37-17-25(27,28)29)11-13-34-16-19-3-7-20(26)8-4-19/h3-10,22H,2,11-17H2,1H3,(H,31,32). The Morgan fingerprint density at radius 1 is 0.973 bits per heavy atom. The highest BCUT2D eigenvalue weighted by molar-refractivity contribution is 5.72. The third-order valence-corrected chi connectivity index (χ3v) is 4.92. The molecule has 8 nitrogen and oxygen atoms in total. The van der Waals surface area contributed by atoms with Gasteiger partial charge in [0.25, 0.3) is 0 Å². The molecular formula is C25H29F4NO7. The second kappa shape index (κ2) is 15.0. The second-order valence-corrected chi connectivity index (χ2v) is 7.81. The van der Waals surface area contributed by atoms with Gasteiger partial charge in [0, 0.05) is 19.6 Å². The van der Waals surface area contributed by atoms with Crippen molar-refractivity contribution in [2.45, 2.75) is 32.2 Å².